The number of halogens is 1. The Kier molecular flexibility index (Phi) is 7.52. The van der Waals surface area contributed by atoms with E-state index in [0.29, 0.717) is 41.6 Å². The highest BCUT2D eigenvalue weighted by Gasteiger charge is 2.20. The van der Waals surface area contributed by atoms with E-state index in [1.54, 1.807) is 39.5 Å². The fourth-order valence-corrected chi connectivity index (χ4v) is 5.05. The van der Waals surface area contributed by atoms with Crippen LogP contribution in [-0.4, -0.2) is 49.8 Å². The van der Waals surface area contributed by atoms with Crippen LogP contribution in [0.5, 0.6) is 17.2 Å². The molecule has 0 saturated carbocycles. The molecule has 7 nitrogen and oxygen atoms in total. The summed E-state index contributed by atoms with van der Waals surface area (Å²) in [7, 11) is 4.72. The van der Waals surface area contributed by atoms with Gasteiger partial charge in [-0.05, 0) is 37.1 Å². The number of rotatable bonds is 9. The van der Waals surface area contributed by atoms with Gasteiger partial charge in [0.05, 0.1) is 27.0 Å². The number of aromatic nitrogens is 1. The molecule has 0 unspecified atom stereocenters. The lowest BCUT2D eigenvalue weighted by atomic mass is 10.1. The van der Waals surface area contributed by atoms with Crippen LogP contribution in [-0.2, 0) is 11.3 Å². The molecule has 1 aliphatic rings. The topological polar surface area (TPSA) is 65.3 Å². The number of amides is 1. The van der Waals surface area contributed by atoms with Crippen LogP contribution in [0.3, 0.4) is 0 Å². The van der Waals surface area contributed by atoms with Crippen LogP contribution >= 0.6 is 11.3 Å². The maximum atomic E-state index is 14.3. The highest BCUT2D eigenvalue weighted by atomic mass is 32.1. The summed E-state index contributed by atoms with van der Waals surface area (Å²) in [5.74, 6) is 1.44. The van der Waals surface area contributed by atoms with Gasteiger partial charge in [0.1, 0.15) is 11.5 Å². The zero-order valence-corrected chi connectivity index (χ0v) is 20.4. The minimum Gasteiger partial charge on any atom is -0.493 e. The maximum absolute atomic E-state index is 14.3. The summed E-state index contributed by atoms with van der Waals surface area (Å²) in [4.78, 5) is 19.2. The zero-order chi connectivity index (χ0) is 24.1. The lowest BCUT2D eigenvalue weighted by Crippen LogP contribution is -2.27. The second kappa shape index (κ2) is 10.7. The van der Waals surface area contributed by atoms with E-state index in [-0.39, 0.29) is 17.4 Å². The Morgan fingerprint density at radius 2 is 1.79 bits per heavy atom. The third kappa shape index (κ3) is 4.94. The first-order valence-corrected chi connectivity index (χ1v) is 12.0. The van der Waals surface area contributed by atoms with Gasteiger partial charge in [-0.3, -0.25) is 4.79 Å². The predicted molar refractivity (Wildman–Crippen MR) is 129 cm³/mol. The van der Waals surface area contributed by atoms with Gasteiger partial charge in [-0.2, -0.15) is 0 Å². The third-order valence-electron chi connectivity index (χ3n) is 5.81. The number of hydrogen-bond acceptors (Lipinski definition) is 6. The highest BCUT2D eigenvalue weighted by molar-refractivity contribution is 7.07. The van der Waals surface area contributed by atoms with E-state index in [2.05, 4.69) is 9.56 Å². The Morgan fingerprint density at radius 3 is 2.41 bits per heavy atom. The number of likely N-dealkylation sites (tertiary alicyclic amines) is 1. The SMILES string of the molecule is COc1cc(-c2csc(=Nc3ccccc3F)n2CCCN2CCCC2=O)cc(OC)c1OC. The first-order chi connectivity index (χ1) is 16.5. The molecule has 1 aliphatic heterocycles. The summed E-state index contributed by atoms with van der Waals surface area (Å²) >= 11 is 1.43. The highest BCUT2D eigenvalue weighted by Crippen LogP contribution is 2.41. The van der Waals surface area contributed by atoms with E-state index in [0.717, 1.165) is 30.6 Å². The van der Waals surface area contributed by atoms with Gasteiger partial charge in [0.2, 0.25) is 11.7 Å². The molecule has 2 aromatic carbocycles. The molecule has 0 N–H and O–H groups in total. The molecular formula is C25H28FN3O4S. The number of thiazole rings is 1. The van der Waals surface area contributed by atoms with Crippen molar-refractivity contribution in [2.24, 2.45) is 4.99 Å². The molecule has 1 saturated heterocycles. The van der Waals surface area contributed by atoms with Crippen molar-refractivity contribution in [1.82, 2.24) is 9.47 Å². The van der Waals surface area contributed by atoms with Gasteiger partial charge < -0.3 is 23.7 Å². The van der Waals surface area contributed by atoms with Crippen molar-refractivity contribution in [3.05, 3.63) is 52.4 Å². The van der Waals surface area contributed by atoms with Gasteiger partial charge in [-0.25, -0.2) is 9.38 Å². The molecule has 180 valence electrons. The minimum absolute atomic E-state index is 0.205. The van der Waals surface area contributed by atoms with Gasteiger partial charge in [0.25, 0.3) is 0 Å². The van der Waals surface area contributed by atoms with E-state index in [4.69, 9.17) is 14.2 Å². The van der Waals surface area contributed by atoms with Crippen molar-refractivity contribution in [3.63, 3.8) is 0 Å². The van der Waals surface area contributed by atoms with Gasteiger partial charge >= 0.3 is 0 Å². The molecule has 0 bridgehead atoms. The van der Waals surface area contributed by atoms with E-state index in [9.17, 15) is 9.18 Å². The van der Waals surface area contributed by atoms with Gasteiger partial charge in [-0.15, -0.1) is 11.3 Å². The number of benzene rings is 2. The van der Waals surface area contributed by atoms with Crippen LogP contribution in [0.1, 0.15) is 19.3 Å². The lowest BCUT2D eigenvalue weighted by molar-refractivity contribution is -0.127. The van der Waals surface area contributed by atoms with Gasteiger partial charge in [0, 0.05) is 37.0 Å². The summed E-state index contributed by atoms with van der Waals surface area (Å²) < 4.78 is 32.9. The molecule has 2 heterocycles. The van der Waals surface area contributed by atoms with Crippen molar-refractivity contribution in [3.8, 4) is 28.5 Å². The molecule has 4 rings (SSSR count). The number of carbonyl (C=O) groups is 1. The normalized spacial score (nSPS) is 14.1. The van der Waals surface area contributed by atoms with Crippen molar-refractivity contribution < 1.29 is 23.4 Å². The largest absolute Gasteiger partial charge is 0.493 e. The molecule has 1 fully saturated rings. The average molecular weight is 486 g/mol. The van der Waals surface area contributed by atoms with E-state index in [1.807, 2.05) is 22.4 Å². The second-order valence-corrected chi connectivity index (χ2v) is 8.71. The Hall–Kier alpha value is -3.33. The quantitative estimate of drug-likeness (QED) is 0.443. The maximum Gasteiger partial charge on any atom is 0.222 e. The molecule has 0 aliphatic carbocycles. The molecule has 0 radical (unpaired) electrons. The Morgan fingerprint density at radius 1 is 1.06 bits per heavy atom. The first-order valence-electron chi connectivity index (χ1n) is 11.1. The summed E-state index contributed by atoms with van der Waals surface area (Å²) in [6.45, 7) is 2.10. The number of methoxy groups -OCH3 is 3. The Labute approximate surface area is 202 Å². The second-order valence-electron chi connectivity index (χ2n) is 7.87. The lowest BCUT2D eigenvalue weighted by Gasteiger charge is -2.17. The molecular weight excluding hydrogens is 457 g/mol. The van der Waals surface area contributed by atoms with Crippen molar-refractivity contribution in [1.29, 1.82) is 0 Å². The van der Waals surface area contributed by atoms with Crippen LogP contribution in [0.4, 0.5) is 10.1 Å². The number of ether oxygens (including phenoxy) is 3. The smallest absolute Gasteiger partial charge is 0.222 e. The zero-order valence-electron chi connectivity index (χ0n) is 19.5. The molecule has 9 heteroatoms. The molecule has 1 amide bonds. The van der Waals surface area contributed by atoms with Crippen LogP contribution in [0.15, 0.2) is 46.8 Å². The number of nitrogens with zero attached hydrogens (tertiary/aromatic N) is 3. The van der Waals surface area contributed by atoms with Crippen LogP contribution < -0.4 is 19.0 Å². The number of carbonyl (C=O) groups excluding carboxylic acids is 1. The third-order valence-corrected chi connectivity index (χ3v) is 6.67. The fourth-order valence-electron chi connectivity index (χ4n) is 4.10. The first kappa shape index (κ1) is 23.8. The minimum atomic E-state index is -0.376. The molecule has 1 aromatic heterocycles. The molecule has 34 heavy (non-hydrogen) atoms. The van der Waals surface area contributed by atoms with Gasteiger partial charge in [0.15, 0.2) is 16.3 Å². The van der Waals surface area contributed by atoms with Crippen LogP contribution in [0.2, 0.25) is 0 Å². The van der Waals surface area contributed by atoms with E-state index < -0.39 is 0 Å². The van der Waals surface area contributed by atoms with E-state index >= 15 is 0 Å². The van der Waals surface area contributed by atoms with Crippen molar-refractivity contribution >= 4 is 22.9 Å². The van der Waals surface area contributed by atoms with E-state index in [1.165, 1.54) is 17.4 Å². The molecule has 3 aromatic rings. The standard InChI is InChI=1S/C25H28FN3O4S/c1-31-21-14-17(15-22(32-2)24(21)33-3)20-16-34-25(27-19-9-5-4-8-18(19)26)29(20)13-7-12-28-11-6-10-23(28)30/h4-5,8-9,14-16H,6-7,10-13H2,1-3H3. The van der Waals surface area contributed by atoms with Crippen LogP contribution in [0.25, 0.3) is 11.3 Å². The summed E-state index contributed by atoms with van der Waals surface area (Å²) in [6.07, 6.45) is 2.29. The summed E-state index contributed by atoms with van der Waals surface area (Å²) in [5.41, 5.74) is 2.04. The average Bonchev–Trinajstić information content (AvgIpc) is 3.45. The predicted octanol–water partition coefficient (Wildman–Crippen LogP) is 4.63. The summed E-state index contributed by atoms with van der Waals surface area (Å²) in [6, 6.07) is 10.2. The Balaban J connectivity index is 1.76. The van der Waals surface area contributed by atoms with Crippen molar-refractivity contribution in [2.45, 2.75) is 25.8 Å². The van der Waals surface area contributed by atoms with Gasteiger partial charge in [-0.1, -0.05) is 12.1 Å². The number of hydrogen-bond donors (Lipinski definition) is 0. The van der Waals surface area contributed by atoms with Crippen LogP contribution in [0, 0.1) is 5.82 Å². The van der Waals surface area contributed by atoms with Crippen molar-refractivity contribution in [2.75, 3.05) is 34.4 Å². The monoisotopic (exact) mass is 485 g/mol. The molecule has 0 atom stereocenters. The Bertz CT molecular complexity index is 1210. The molecule has 0 spiro atoms. The summed E-state index contributed by atoms with van der Waals surface area (Å²) in [5, 5.41) is 1.99. The fraction of sp³-hybridized carbons (Fsp3) is 0.360. The number of para-hydroxylation sites is 1.